The molecule has 4 heterocycles. The summed E-state index contributed by atoms with van der Waals surface area (Å²) in [6.07, 6.45) is 1.92. The number of hydrogen-bond donors (Lipinski definition) is 1. The van der Waals surface area contributed by atoms with Gasteiger partial charge >= 0.3 is 5.97 Å². The molecule has 0 bridgehead atoms. The van der Waals surface area contributed by atoms with Crippen LogP contribution in [0.3, 0.4) is 0 Å². The van der Waals surface area contributed by atoms with Gasteiger partial charge in [-0.3, -0.25) is 4.90 Å². The number of halogens is 2. The molecule has 0 spiro atoms. The Hall–Kier alpha value is -3.17. The van der Waals surface area contributed by atoms with Gasteiger partial charge in [0.25, 0.3) is 0 Å². The molecule has 8 nitrogen and oxygen atoms in total. The highest BCUT2D eigenvalue weighted by Gasteiger charge is 2.25. The Kier molecular flexibility index (Phi) is 6.97. The van der Waals surface area contributed by atoms with E-state index in [0.29, 0.717) is 42.2 Å². The highest BCUT2D eigenvalue weighted by molar-refractivity contribution is 6.32. The van der Waals surface area contributed by atoms with Crippen LogP contribution >= 0.6 is 23.2 Å². The molecule has 1 atom stereocenters. The highest BCUT2D eigenvalue weighted by atomic mass is 35.5. The van der Waals surface area contributed by atoms with E-state index in [1.54, 1.807) is 18.2 Å². The van der Waals surface area contributed by atoms with Gasteiger partial charge in [0.15, 0.2) is 0 Å². The monoisotopic (exact) mass is 552 g/mol. The molecule has 2 aromatic carbocycles. The van der Waals surface area contributed by atoms with Crippen molar-refractivity contribution in [3.05, 3.63) is 86.8 Å². The summed E-state index contributed by atoms with van der Waals surface area (Å²) in [4.78, 5) is 23.5. The number of carboxylic acid groups (broad SMARTS) is 1. The largest absolute Gasteiger partial charge is 0.478 e. The zero-order chi connectivity index (χ0) is 26.2. The van der Waals surface area contributed by atoms with Gasteiger partial charge in [0, 0.05) is 24.7 Å². The lowest BCUT2D eigenvalue weighted by molar-refractivity contribution is -0.0592. The molecule has 1 N–H and O–H groups in total. The summed E-state index contributed by atoms with van der Waals surface area (Å²) in [5.41, 5.74) is 4.88. The van der Waals surface area contributed by atoms with E-state index in [1.165, 1.54) is 0 Å². The van der Waals surface area contributed by atoms with E-state index in [-0.39, 0.29) is 11.7 Å². The summed E-state index contributed by atoms with van der Waals surface area (Å²) in [6, 6.07) is 14.5. The molecule has 0 aliphatic carbocycles. The lowest BCUT2D eigenvalue weighted by Gasteiger charge is -2.30. The predicted molar refractivity (Wildman–Crippen MR) is 144 cm³/mol. The molecule has 1 saturated heterocycles. The Labute approximate surface area is 229 Å². The van der Waals surface area contributed by atoms with E-state index in [0.717, 1.165) is 59.7 Å². The number of fused-ring (bicyclic) bond motifs is 2. The van der Waals surface area contributed by atoms with Gasteiger partial charge in [-0.25, -0.2) is 14.8 Å². The fraction of sp³-hybridized carbons (Fsp3) is 0.321. The van der Waals surface area contributed by atoms with Crippen molar-refractivity contribution >= 4 is 40.2 Å². The Balaban J connectivity index is 1.22. The van der Waals surface area contributed by atoms with Crippen LogP contribution in [0.4, 0.5) is 0 Å². The topological polar surface area (TPSA) is 89.7 Å². The first-order chi connectivity index (χ1) is 18.4. The average Bonchev–Trinajstić information content (AvgIpc) is 3.21. The molecule has 0 saturated carbocycles. The van der Waals surface area contributed by atoms with Crippen molar-refractivity contribution in [1.29, 1.82) is 0 Å². The number of hydrogen-bond acceptors (Lipinski definition) is 6. The predicted octanol–water partition coefficient (Wildman–Crippen LogP) is 5.36. The van der Waals surface area contributed by atoms with Gasteiger partial charge in [0.1, 0.15) is 17.5 Å². The van der Waals surface area contributed by atoms with Gasteiger partial charge in [-0.15, -0.1) is 0 Å². The number of aromatic nitrogens is 3. The average molecular weight is 553 g/mol. The third-order valence-corrected chi connectivity index (χ3v) is 7.61. The van der Waals surface area contributed by atoms with E-state index < -0.39 is 5.97 Å². The number of aromatic carboxylic acids is 1. The van der Waals surface area contributed by atoms with E-state index in [1.807, 2.05) is 30.3 Å². The highest BCUT2D eigenvalue weighted by Crippen LogP contribution is 2.30. The second kappa shape index (κ2) is 10.5. The van der Waals surface area contributed by atoms with Crippen molar-refractivity contribution in [2.75, 3.05) is 13.2 Å². The normalized spacial score (nSPS) is 17.3. The minimum absolute atomic E-state index is 0.117. The number of pyridine rings is 1. The molecule has 4 aromatic rings. The number of carboxylic acids is 1. The molecule has 0 amide bonds. The minimum Gasteiger partial charge on any atom is -0.478 e. The Morgan fingerprint density at radius 1 is 1.13 bits per heavy atom. The van der Waals surface area contributed by atoms with Crippen LogP contribution in [0.2, 0.25) is 10.0 Å². The summed E-state index contributed by atoms with van der Waals surface area (Å²) in [6.45, 7) is 3.82. The molecule has 1 fully saturated rings. The molecule has 38 heavy (non-hydrogen) atoms. The van der Waals surface area contributed by atoms with E-state index >= 15 is 0 Å². The Morgan fingerprint density at radius 2 is 1.95 bits per heavy atom. The zero-order valence-corrected chi connectivity index (χ0v) is 22.1. The third kappa shape index (κ3) is 5.22. The lowest BCUT2D eigenvalue weighted by Crippen LogP contribution is -2.34. The van der Waals surface area contributed by atoms with Crippen molar-refractivity contribution in [3.63, 3.8) is 0 Å². The maximum Gasteiger partial charge on any atom is 0.335 e. The van der Waals surface area contributed by atoms with Crippen molar-refractivity contribution in [2.45, 2.75) is 45.2 Å². The molecule has 0 unspecified atom stereocenters. The van der Waals surface area contributed by atoms with Crippen LogP contribution < -0.4 is 4.74 Å². The van der Waals surface area contributed by atoms with Gasteiger partial charge in [0.2, 0.25) is 5.88 Å². The molecule has 0 radical (unpaired) electrons. The number of nitrogens with zero attached hydrogens (tertiary/aromatic N) is 4. The second-order valence-electron chi connectivity index (χ2n) is 9.69. The first kappa shape index (κ1) is 25.1. The smallest absolute Gasteiger partial charge is 0.335 e. The summed E-state index contributed by atoms with van der Waals surface area (Å²) >= 11 is 12.5. The van der Waals surface area contributed by atoms with Crippen LogP contribution in [-0.2, 0) is 37.4 Å². The number of carbonyl (C=O) groups is 1. The van der Waals surface area contributed by atoms with Crippen LogP contribution in [0.15, 0.2) is 48.5 Å². The molecule has 196 valence electrons. The summed E-state index contributed by atoms with van der Waals surface area (Å²) in [5.74, 6) is 0.347. The van der Waals surface area contributed by atoms with Crippen molar-refractivity contribution < 1.29 is 19.4 Å². The molecular formula is C28H26Cl2N4O4. The fourth-order valence-electron chi connectivity index (χ4n) is 4.90. The lowest BCUT2D eigenvalue weighted by atomic mass is 10.1. The standard InChI is InChI=1S/C28H26Cl2N4O4/c29-20-4-1-17(2-5-20)16-38-27-22(30)11-18-7-9-33(14-24(18)32-27)15-26-31-23-6-3-19(28(35)36)12-25(23)34(26)13-21-8-10-37-21/h1-6,11-12,21H,7-10,13-16H2,(H,35,36)/t21-/m0/s1. The van der Waals surface area contributed by atoms with E-state index in [4.69, 9.17) is 42.6 Å². The maximum absolute atomic E-state index is 11.6. The van der Waals surface area contributed by atoms with Gasteiger partial charge in [-0.05, 0) is 60.4 Å². The molecule has 6 rings (SSSR count). The van der Waals surface area contributed by atoms with Crippen LogP contribution in [0.1, 0.15) is 39.4 Å². The summed E-state index contributed by atoms with van der Waals surface area (Å²) < 4.78 is 13.7. The number of imidazole rings is 1. The van der Waals surface area contributed by atoms with Crippen molar-refractivity contribution in [1.82, 2.24) is 19.4 Å². The van der Waals surface area contributed by atoms with Gasteiger partial charge in [-0.1, -0.05) is 35.3 Å². The molecule has 2 aromatic heterocycles. The third-order valence-electron chi connectivity index (χ3n) is 7.09. The number of ether oxygens (including phenoxy) is 2. The van der Waals surface area contributed by atoms with E-state index in [2.05, 4.69) is 9.47 Å². The fourth-order valence-corrected chi connectivity index (χ4v) is 5.25. The van der Waals surface area contributed by atoms with Crippen LogP contribution in [0.5, 0.6) is 5.88 Å². The van der Waals surface area contributed by atoms with E-state index in [9.17, 15) is 9.90 Å². The Bertz CT molecular complexity index is 1500. The Morgan fingerprint density at radius 3 is 2.68 bits per heavy atom. The minimum atomic E-state index is -0.951. The van der Waals surface area contributed by atoms with Gasteiger partial charge < -0.3 is 19.1 Å². The first-order valence-electron chi connectivity index (χ1n) is 12.5. The molecule has 2 aliphatic heterocycles. The quantitative estimate of drug-likeness (QED) is 0.314. The summed E-state index contributed by atoms with van der Waals surface area (Å²) in [5, 5.41) is 10.7. The van der Waals surface area contributed by atoms with Crippen LogP contribution in [0, 0.1) is 0 Å². The van der Waals surface area contributed by atoms with Crippen LogP contribution in [0.25, 0.3) is 11.0 Å². The summed E-state index contributed by atoms with van der Waals surface area (Å²) in [7, 11) is 0. The van der Waals surface area contributed by atoms with Gasteiger partial charge in [-0.2, -0.15) is 0 Å². The molecular weight excluding hydrogens is 527 g/mol. The SMILES string of the molecule is O=C(O)c1ccc2nc(CN3CCc4cc(Cl)c(OCc5ccc(Cl)cc5)nc4C3)n(C[C@@H]3CCO3)c2c1. The van der Waals surface area contributed by atoms with Crippen molar-refractivity contribution in [3.8, 4) is 5.88 Å². The zero-order valence-electron chi connectivity index (χ0n) is 20.6. The molecule has 2 aliphatic rings. The number of rotatable bonds is 8. The van der Waals surface area contributed by atoms with Crippen molar-refractivity contribution in [2.24, 2.45) is 0 Å². The first-order valence-corrected chi connectivity index (χ1v) is 13.3. The molecule has 10 heteroatoms. The second-order valence-corrected chi connectivity index (χ2v) is 10.5. The number of benzene rings is 2. The van der Waals surface area contributed by atoms with Crippen LogP contribution in [-0.4, -0.2) is 49.8 Å². The maximum atomic E-state index is 11.6. The van der Waals surface area contributed by atoms with Gasteiger partial charge in [0.05, 0.1) is 41.5 Å².